The van der Waals surface area contributed by atoms with E-state index in [2.05, 4.69) is 10.6 Å². The highest BCUT2D eigenvalue weighted by Crippen LogP contribution is 2.18. The van der Waals surface area contributed by atoms with Gasteiger partial charge in [-0.1, -0.05) is 35.9 Å². The first kappa shape index (κ1) is 19.5. The number of anilines is 1. The number of urea groups is 1. The molecular formula is C19H23ClN2O2S. The molecule has 25 heavy (non-hydrogen) atoms. The SMILES string of the molecule is CC(C)(C)S(=O)Cc1cccc(NC(=O)NCc2ccc(Cl)cc2)c1. The number of halogens is 1. The highest BCUT2D eigenvalue weighted by Gasteiger charge is 2.19. The van der Waals surface area contributed by atoms with Crippen LogP contribution < -0.4 is 10.6 Å². The molecule has 2 N–H and O–H groups in total. The lowest BCUT2D eigenvalue weighted by atomic mass is 10.2. The Morgan fingerprint density at radius 2 is 1.76 bits per heavy atom. The van der Waals surface area contributed by atoms with Crippen molar-refractivity contribution in [1.29, 1.82) is 0 Å². The zero-order valence-corrected chi connectivity index (χ0v) is 16.2. The Bertz CT molecular complexity index is 755. The summed E-state index contributed by atoms with van der Waals surface area (Å²) in [5.74, 6) is 0.464. The number of nitrogens with one attached hydrogen (secondary N) is 2. The fourth-order valence-corrected chi connectivity index (χ4v) is 3.11. The summed E-state index contributed by atoms with van der Waals surface area (Å²) in [5.41, 5.74) is 2.58. The summed E-state index contributed by atoms with van der Waals surface area (Å²) in [6, 6.07) is 14.5. The molecule has 2 aromatic rings. The normalized spacial score (nSPS) is 12.5. The van der Waals surface area contributed by atoms with Gasteiger partial charge in [0.15, 0.2) is 0 Å². The van der Waals surface area contributed by atoms with Crippen LogP contribution in [0.5, 0.6) is 0 Å². The molecule has 2 rings (SSSR count). The van der Waals surface area contributed by atoms with E-state index in [0.717, 1.165) is 11.1 Å². The minimum Gasteiger partial charge on any atom is -0.334 e. The first-order valence-electron chi connectivity index (χ1n) is 8.01. The molecule has 0 aliphatic carbocycles. The largest absolute Gasteiger partial charge is 0.334 e. The summed E-state index contributed by atoms with van der Waals surface area (Å²) < 4.78 is 12.0. The summed E-state index contributed by atoms with van der Waals surface area (Å²) in [6.45, 7) is 6.27. The van der Waals surface area contributed by atoms with Crippen LogP contribution in [0.25, 0.3) is 0 Å². The van der Waals surface area contributed by atoms with Gasteiger partial charge in [0.05, 0.1) is 0 Å². The zero-order valence-electron chi connectivity index (χ0n) is 14.6. The Balaban J connectivity index is 1.91. The standard InChI is InChI=1S/C19H23ClN2O2S/c1-19(2,3)25(24)13-15-5-4-6-17(11-15)22-18(23)21-12-14-7-9-16(20)10-8-14/h4-11H,12-13H2,1-3H3,(H2,21,22,23). The molecule has 134 valence electrons. The van der Waals surface area contributed by atoms with Crippen LogP contribution in [-0.2, 0) is 23.1 Å². The molecule has 1 atom stereocenters. The van der Waals surface area contributed by atoms with Crippen LogP contribution in [-0.4, -0.2) is 15.0 Å². The molecule has 0 radical (unpaired) electrons. The maximum absolute atomic E-state index is 12.3. The molecular weight excluding hydrogens is 356 g/mol. The highest BCUT2D eigenvalue weighted by atomic mass is 35.5. The highest BCUT2D eigenvalue weighted by molar-refractivity contribution is 7.85. The average Bonchev–Trinajstić information content (AvgIpc) is 2.54. The number of benzene rings is 2. The first-order valence-corrected chi connectivity index (χ1v) is 9.70. The smallest absolute Gasteiger partial charge is 0.319 e. The number of rotatable bonds is 5. The van der Waals surface area contributed by atoms with Gasteiger partial charge in [-0.2, -0.15) is 0 Å². The molecule has 0 heterocycles. The van der Waals surface area contributed by atoms with Gasteiger partial charge < -0.3 is 10.6 Å². The molecule has 0 saturated carbocycles. The molecule has 2 amide bonds. The number of hydrogen-bond acceptors (Lipinski definition) is 2. The minimum absolute atomic E-state index is 0.264. The lowest BCUT2D eigenvalue weighted by Crippen LogP contribution is -2.28. The predicted octanol–water partition coefficient (Wildman–Crippen LogP) is 4.71. The summed E-state index contributed by atoms with van der Waals surface area (Å²) >= 11 is 5.84. The van der Waals surface area contributed by atoms with Crippen LogP contribution in [0.2, 0.25) is 5.02 Å². The summed E-state index contributed by atoms with van der Waals surface area (Å²) in [7, 11) is -0.979. The van der Waals surface area contributed by atoms with Crippen molar-refractivity contribution in [3.05, 3.63) is 64.7 Å². The van der Waals surface area contributed by atoms with Crippen LogP contribution in [0.3, 0.4) is 0 Å². The van der Waals surface area contributed by atoms with Crippen LogP contribution in [0.4, 0.5) is 10.5 Å². The van der Waals surface area contributed by atoms with Crippen molar-refractivity contribution < 1.29 is 9.00 Å². The van der Waals surface area contributed by atoms with Crippen LogP contribution in [0.1, 0.15) is 31.9 Å². The van der Waals surface area contributed by atoms with Crippen molar-refractivity contribution >= 4 is 34.1 Å². The molecule has 0 aromatic heterocycles. The van der Waals surface area contributed by atoms with Crippen molar-refractivity contribution in [3.8, 4) is 0 Å². The van der Waals surface area contributed by atoms with Gasteiger partial charge in [-0.15, -0.1) is 0 Å². The third kappa shape index (κ3) is 6.52. The van der Waals surface area contributed by atoms with E-state index in [1.54, 1.807) is 12.1 Å². The lowest BCUT2D eigenvalue weighted by Gasteiger charge is -2.18. The van der Waals surface area contributed by atoms with Crippen LogP contribution in [0, 0.1) is 0 Å². The van der Waals surface area contributed by atoms with Gasteiger partial charge in [-0.05, 0) is 56.2 Å². The van der Waals surface area contributed by atoms with Crippen molar-refractivity contribution in [2.45, 2.75) is 37.8 Å². The molecule has 4 nitrogen and oxygen atoms in total. The average molecular weight is 379 g/mol. The number of carbonyl (C=O) groups excluding carboxylic acids is 1. The van der Waals surface area contributed by atoms with Gasteiger partial charge in [-0.25, -0.2) is 4.79 Å². The van der Waals surface area contributed by atoms with Gasteiger partial charge in [0.2, 0.25) is 0 Å². The van der Waals surface area contributed by atoms with Crippen LogP contribution in [0.15, 0.2) is 48.5 Å². The predicted molar refractivity (Wildman–Crippen MR) is 105 cm³/mol. The van der Waals surface area contributed by atoms with E-state index >= 15 is 0 Å². The Labute approximate surface area is 156 Å². The number of hydrogen-bond donors (Lipinski definition) is 2. The second kappa shape index (κ2) is 8.50. The van der Waals surface area contributed by atoms with Crippen molar-refractivity contribution in [1.82, 2.24) is 5.32 Å². The summed E-state index contributed by atoms with van der Waals surface area (Å²) in [6.07, 6.45) is 0. The summed E-state index contributed by atoms with van der Waals surface area (Å²) in [4.78, 5) is 12.0. The molecule has 0 fully saturated rings. The van der Waals surface area contributed by atoms with Crippen LogP contribution >= 0.6 is 11.6 Å². The first-order chi connectivity index (χ1) is 11.7. The molecule has 6 heteroatoms. The molecule has 0 aliphatic heterocycles. The van der Waals surface area contributed by atoms with E-state index in [1.165, 1.54) is 0 Å². The topological polar surface area (TPSA) is 58.2 Å². The second-order valence-corrected chi connectivity index (χ2v) is 9.38. The second-order valence-electron chi connectivity index (χ2n) is 6.74. The third-order valence-corrected chi connectivity index (χ3v) is 5.75. The van der Waals surface area contributed by atoms with Gasteiger partial charge in [-0.3, -0.25) is 4.21 Å². The van der Waals surface area contributed by atoms with E-state index in [9.17, 15) is 9.00 Å². The van der Waals surface area contributed by atoms with Gasteiger partial charge in [0, 0.05) is 38.6 Å². The number of amides is 2. The van der Waals surface area contributed by atoms with Gasteiger partial charge >= 0.3 is 6.03 Å². The fourth-order valence-electron chi connectivity index (χ4n) is 2.07. The molecule has 1 unspecified atom stereocenters. The Morgan fingerprint density at radius 1 is 1.08 bits per heavy atom. The summed E-state index contributed by atoms with van der Waals surface area (Å²) in [5, 5.41) is 6.26. The maximum Gasteiger partial charge on any atom is 0.319 e. The fraction of sp³-hybridized carbons (Fsp3) is 0.316. The third-order valence-electron chi connectivity index (χ3n) is 3.53. The minimum atomic E-state index is -0.979. The molecule has 0 spiro atoms. The molecule has 0 aliphatic rings. The maximum atomic E-state index is 12.3. The van der Waals surface area contributed by atoms with E-state index in [-0.39, 0.29) is 10.8 Å². The number of carbonyl (C=O) groups is 1. The monoisotopic (exact) mass is 378 g/mol. The lowest BCUT2D eigenvalue weighted by molar-refractivity contribution is 0.251. The molecule has 2 aromatic carbocycles. The zero-order chi connectivity index (χ0) is 18.4. The van der Waals surface area contributed by atoms with E-state index in [0.29, 0.717) is 23.0 Å². The van der Waals surface area contributed by atoms with Crippen molar-refractivity contribution in [3.63, 3.8) is 0 Å². The van der Waals surface area contributed by atoms with E-state index < -0.39 is 10.8 Å². The Hall–Kier alpha value is -1.85. The Morgan fingerprint density at radius 3 is 2.40 bits per heavy atom. The molecule has 0 bridgehead atoms. The van der Waals surface area contributed by atoms with Gasteiger partial charge in [0.25, 0.3) is 0 Å². The van der Waals surface area contributed by atoms with Gasteiger partial charge in [0.1, 0.15) is 0 Å². The van der Waals surface area contributed by atoms with Crippen molar-refractivity contribution in [2.24, 2.45) is 0 Å². The van der Waals surface area contributed by atoms with E-state index in [4.69, 9.17) is 11.6 Å². The van der Waals surface area contributed by atoms with E-state index in [1.807, 2.05) is 57.2 Å². The quantitative estimate of drug-likeness (QED) is 0.791. The Kier molecular flexibility index (Phi) is 6.62. The van der Waals surface area contributed by atoms with Crippen molar-refractivity contribution in [2.75, 3.05) is 5.32 Å². The molecule has 0 saturated heterocycles.